The van der Waals surface area contributed by atoms with Crippen LogP contribution < -0.4 is 5.32 Å². The van der Waals surface area contributed by atoms with Crippen molar-refractivity contribution in [2.45, 2.75) is 24.5 Å². The third-order valence-corrected chi connectivity index (χ3v) is 4.90. The molecule has 19 heavy (non-hydrogen) atoms. The van der Waals surface area contributed by atoms with Crippen molar-refractivity contribution >= 4 is 23.5 Å². The van der Waals surface area contributed by atoms with Gasteiger partial charge in [0.15, 0.2) is 0 Å². The number of hydrogen-bond acceptors (Lipinski definition) is 4. The molecule has 5 heteroatoms. The monoisotopic (exact) mass is 279 g/mol. The quantitative estimate of drug-likeness (QED) is 0.919. The zero-order valence-corrected chi connectivity index (χ0v) is 12.6. The van der Waals surface area contributed by atoms with Crippen molar-refractivity contribution in [3.8, 4) is 0 Å². The number of rotatable bonds is 4. The van der Waals surface area contributed by atoms with E-state index in [1.54, 1.807) is 25.2 Å². The van der Waals surface area contributed by atoms with Crippen LogP contribution in [0.5, 0.6) is 0 Å². The van der Waals surface area contributed by atoms with Crippen LogP contribution >= 0.6 is 11.8 Å². The fourth-order valence-corrected chi connectivity index (χ4v) is 3.38. The summed E-state index contributed by atoms with van der Waals surface area (Å²) >= 11 is 2.02. The molecule has 0 saturated carbocycles. The van der Waals surface area contributed by atoms with Gasteiger partial charge in [-0.05, 0) is 37.7 Å². The van der Waals surface area contributed by atoms with Gasteiger partial charge in [0.2, 0.25) is 0 Å². The van der Waals surface area contributed by atoms with Gasteiger partial charge in [-0.2, -0.15) is 11.8 Å². The van der Waals surface area contributed by atoms with Gasteiger partial charge in [-0.15, -0.1) is 0 Å². The van der Waals surface area contributed by atoms with Gasteiger partial charge in [0.25, 0.3) is 5.91 Å². The maximum atomic E-state index is 11.7. The van der Waals surface area contributed by atoms with E-state index in [4.69, 9.17) is 0 Å². The van der Waals surface area contributed by atoms with Crippen LogP contribution in [0.2, 0.25) is 0 Å². The van der Waals surface area contributed by atoms with Crippen LogP contribution in [-0.4, -0.2) is 46.9 Å². The van der Waals surface area contributed by atoms with Crippen LogP contribution in [0, 0.1) is 0 Å². The highest BCUT2D eigenvalue weighted by molar-refractivity contribution is 8.00. The lowest BCUT2D eigenvalue weighted by Crippen LogP contribution is -2.27. The van der Waals surface area contributed by atoms with Gasteiger partial charge in [-0.1, -0.05) is 0 Å². The molecule has 2 rings (SSSR count). The lowest BCUT2D eigenvalue weighted by atomic mass is 10.1. The van der Waals surface area contributed by atoms with E-state index in [0.717, 1.165) is 12.4 Å². The van der Waals surface area contributed by atoms with Crippen LogP contribution in [0.15, 0.2) is 18.3 Å². The molecule has 1 unspecified atom stereocenters. The first-order chi connectivity index (χ1) is 9.00. The van der Waals surface area contributed by atoms with Crippen molar-refractivity contribution in [1.82, 2.24) is 9.88 Å². The third kappa shape index (κ3) is 3.62. The number of nitrogens with zero attached hydrogens (tertiary/aromatic N) is 2. The first-order valence-corrected chi connectivity index (χ1v) is 7.54. The Balaban J connectivity index is 1.93. The van der Waals surface area contributed by atoms with Crippen molar-refractivity contribution < 1.29 is 4.79 Å². The second-order valence-electron chi connectivity index (χ2n) is 5.39. The van der Waals surface area contributed by atoms with Crippen molar-refractivity contribution in [3.05, 3.63) is 23.9 Å². The summed E-state index contributed by atoms with van der Waals surface area (Å²) in [6, 6.07) is 3.70. The number of hydrogen-bond donors (Lipinski definition) is 1. The molecule has 1 atom stereocenters. The largest absolute Gasteiger partial charge is 0.369 e. The number of carbonyl (C=O) groups is 1. The normalized spacial score (nSPS) is 22.3. The maximum Gasteiger partial charge on any atom is 0.254 e. The zero-order valence-electron chi connectivity index (χ0n) is 11.8. The Hall–Kier alpha value is -1.23. The predicted octanol–water partition coefficient (Wildman–Crippen LogP) is 2.48. The van der Waals surface area contributed by atoms with E-state index < -0.39 is 0 Å². The summed E-state index contributed by atoms with van der Waals surface area (Å²) in [6.07, 6.45) is 4.18. The van der Waals surface area contributed by atoms with Gasteiger partial charge in [0.05, 0.1) is 5.56 Å². The molecule has 104 valence electrons. The van der Waals surface area contributed by atoms with Crippen molar-refractivity contribution in [2.75, 3.05) is 31.7 Å². The third-order valence-electron chi connectivity index (χ3n) is 3.36. The number of nitrogens with one attached hydrogen (secondary N) is 1. The number of amides is 1. The van der Waals surface area contributed by atoms with Crippen LogP contribution in [-0.2, 0) is 0 Å². The molecule has 1 aromatic rings. The summed E-state index contributed by atoms with van der Waals surface area (Å²) < 4.78 is 0.319. The Kier molecular flexibility index (Phi) is 4.34. The number of anilines is 1. The molecule has 2 heterocycles. The van der Waals surface area contributed by atoms with E-state index in [1.807, 2.05) is 23.9 Å². The molecule has 1 fully saturated rings. The van der Waals surface area contributed by atoms with Gasteiger partial charge in [-0.3, -0.25) is 4.79 Å². The number of carbonyl (C=O) groups excluding carboxylic acids is 1. The molecule has 0 aliphatic carbocycles. The Labute approximate surface area is 119 Å². The van der Waals surface area contributed by atoms with Crippen LogP contribution in [0.3, 0.4) is 0 Å². The first-order valence-electron chi connectivity index (χ1n) is 6.56. The van der Waals surface area contributed by atoms with E-state index in [1.165, 1.54) is 18.6 Å². The summed E-state index contributed by atoms with van der Waals surface area (Å²) in [5.74, 6) is 2.07. The van der Waals surface area contributed by atoms with Gasteiger partial charge in [0.1, 0.15) is 5.82 Å². The zero-order chi connectivity index (χ0) is 13.9. The van der Waals surface area contributed by atoms with Crippen molar-refractivity contribution in [1.29, 1.82) is 0 Å². The van der Waals surface area contributed by atoms with Gasteiger partial charge < -0.3 is 10.2 Å². The molecule has 0 aromatic carbocycles. The summed E-state index contributed by atoms with van der Waals surface area (Å²) in [5.41, 5.74) is 0.622. The Morgan fingerprint density at radius 2 is 2.32 bits per heavy atom. The van der Waals surface area contributed by atoms with Gasteiger partial charge in [-0.25, -0.2) is 4.98 Å². The highest BCUT2D eigenvalue weighted by Gasteiger charge is 2.29. The topological polar surface area (TPSA) is 45.2 Å². The summed E-state index contributed by atoms with van der Waals surface area (Å²) in [7, 11) is 3.49. The van der Waals surface area contributed by atoms with Gasteiger partial charge >= 0.3 is 0 Å². The fraction of sp³-hybridized carbons (Fsp3) is 0.571. The van der Waals surface area contributed by atoms with Crippen LogP contribution in [0.4, 0.5) is 5.82 Å². The molecule has 4 nitrogen and oxygen atoms in total. The average Bonchev–Trinajstić information content (AvgIpc) is 2.83. The highest BCUT2D eigenvalue weighted by atomic mass is 32.2. The summed E-state index contributed by atoms with van der Waals surface area (Å²) in [5, 5.41) is 3.37. The molecular formula is C14H21N3OS. The number of pyridine rings is 1. The Morgan fingerprint density at radius 3 is 2.84 bits per heavy atom. The molecule has 1 aliphatic rings. The van der Waals surface area contributed by atoms with E-state index in [0.29, 0.717) is 10.3 Å². The minimum absolute atomic E-state index is 0.0163. The minimum atomic E-state index is -0.0163. The molecule has 1 saturated heterocycles. The fourth-order valence-electron chi connectivity index (χ4n) is 2.14. The maximum absolute atomic E-state index is 11.7. The molecule has 1 N–H and O–H groups in total. The minimum Gasteiger partial charge on any atom is -0.369 e. The van der Waals surface area contributed by atoms with E-state index in [2.05, 4.69) is 17.2 Å². The number of aromatic nitrogens is 1. The summed E-state index contributed by atoms with van der Waals surface area (Å²) in [6.45, 7) is 3.22. The second kappa shape index (κ2) is 5.82. The number of thioether (sulfide) groups is 1. The molecular weight excluding hydrogens is 258 g/mol. The molecule has 0 radical (unpaired) electrons. The summed E-state index contributed by atoms with van der Waals surface area (Å²) in [4.78, 5) is 17.6. The second-order valence-corrected chi connectivity index (χ2v) is 7.07. The molecule has 0 bridgehead atoms. The van der Waals surface area contributed by atoms with E-state index in [-0.39, 0.29) is 5.91 Å². The lowest BCUT2D eigenvalue weighted by Gasteiger charge is -2.23. The molecule has 1 amide bonds. The molecule has 0 spiro atoms. The smallest absolute Gasteiger partial charge is 0.254 e. The van der Waals surface area contributed by atoms with Crippen molar-refractivity contribution in [2.24, 2.45) is 0 Å². The van der Waals surface area contributed by atoms with E-state index in [9.17, 15) is 4.79 Å². The highest BCUT2D eigenvalue weighted by Crippen LogP contribution is 2.37. The molecule has 1 aliphatic heterocycles. The van der Waals surface area contributed by atoms with Crippen LogP contribution in [0.1, 0.15) is 30.1 Å². The van der Waals surface area contributed by atoms with Gasteiger partial charge in [0, 0.05) is 31.6 Å². The first kappa shape index (κ1) is 14.2. The standard InChI is InChI=1S/C14H21N3OS/c1-14(7-4-8-19-14)10-16-12-6-5-11(9-15-12)13(18)17(2)3/h5-6,9H,4,7-8,10H2,1-3H3,(H,15,16). The van der Waals surface area contributed by atoms with Crippen LogP contribution in [0.25, 0.3) is 0 Å². The average molecular weight is 279 g/mol. The Morgan fingerprint density at radius 1 is 1.53 bits per heavy atom. The molecule has 1 aromatic heterocycles. The Bertz CT molecular complexity index is 439. The predicted molar refractivity (Wildman–Crippen MR) is 80.8 cm³/mol. The van der Waals surface area contributed by atoms with Crippen molar-refractivity contribution in [3.63, 3.8) is 0 Å². The lowest BCUT2D eigenvalue weighted by molar-refractivity contribution is 0.0827. The SMILES string of the molecule is CN(C)C(=O)c1ccc(NCC2(C)CCCS2)nc1. The van der Waals surface area contributed by atoms with E-state index >= 15 is 0 Å².